The van der Waals surface area contributed by atoms with Crippen molar-refractivity contribution < 1.29 is 4.79 Å². The summed E-state index contributed by atoms with van der Waals surface area (Å²) in [6, 6.07) is 20.8. The Bertz CT molecular complexity index is 1180. The minimum absolute atomic E-state index is 0.153. The quantitative estimate of drug-likeness (QED) is 0.365. The first-order valence-electron chi connectivity index (χ1n) is 9.36. The van der Waals surface area contributed by atoms with E-state index >= 15 is 0 Å². The van der Waals surface area contributed by atoms with Gasteiger partial charge in [-0.2, -0.15) is 0 Å². The number of benzene rings is 2. The van der Waals surface area contributed by atoms with E-state index in [9.17, 15) is 4.79 Å². The van der Waals surface area contributed by atoms with Crippen molar-refractivity contribution in [1.29, 1.82) is 0 Å². The molecular weight excluding hydrogens is 453 g/mol. The third-order valence-electron chi connectivity index (χ3n) is 4.34. The van der Waals surface area contributed by atoms with Crippen LogP contribution >= 0.6 is 35.0 Å². The van der Waals surface area contributed by atoms with Crippen LogP contribution in [0, 0.1) is 0 Å². The minimum atomic E-state index is -0.201. The molecule has 1 amide bonds. The Labute approximate surface area is 193 Å². The smallest absolute Gasteiger partial charge is 0.236 e. The molecule has 0 fully saturated rings. The van der Waals surface area contributed by atoms with E-state index in [0.29, 0.717) is 33.4 Å². The zero-order chi connectivity index (χ0) is 21.6. The molecule has 0 radical (unpaired) electrons. The molecule has 2 heterocycles. The third kappa shape index (κ3) is 5.44. The van der Waals surface area contributed by atoms with Crippen LogP contribution in [0.4, 0.5) is 5.82 Å². The number of amides is 1. The van der Waals surface area contributed by atoms with Crippen LogP contribution in [0.5, 0.6) is 0 Å². The van der Waals surface area contributed by atoms with E-state index in [1.807, 2.05) is 59.2 Å². The van der Waals surface area contributed by atoms with Gasteiger partial charge in [0.2, 0.25) is 5.91 Å². The highest BCUT2D eigenvalue weighted by Gasteiger charge is 2.18. The maximum atomic E-state index is 12.4. The molecule has 0 atom stereocenters. The number of carbonyl (C=O) groups is 1. The highest BCUT2D eigenvalue weighted by atomic mass is 35.5. The van der Waals surface area contributed by atoms with Gasteiger partial charge in [0, 0.05) is 11.8 Å². The fraction of sp³-hybridized carbons (Fsp3) is 0.0909. The summed E-state index contributed by atoms with van der Waals surface area (Å²) in [5.74, 6) is 1.04. The molecule has 0 saturated carbocycles. The lowest BCUT2D eigenvalue weighted by atomic mass is 10.2. The number of halogens is 2. The van der Waals surface area contributed by atoms with Crippen molar-refractivity contribution >= 4 is 46.7 Å². The van der Waals surface area contributed by atoms with Crippen LogP contribution in [-0.4, -0.2) is 31.4 Å². The molecular formula is C22H17Cl2N5OS. The normalized spacial score (nSPS) is 10.8. The number of carbonyl (C=O) groups excluding carboxylic acids is 1. The van der Waals surface area contributed by atoms with Crippen molar-refractivity contribution in [3.05, 3.63) is 88.5 Å². The van der Waals surface area contributed by atoms with Crippen molar-refractivity contribution in [2.24, 2.45) is 0 Å². The first-order valence-corrected chi connectivity index (χ1v) is 11.1. The molecule has 0 aliphatic carbocycles. The second-order valence-electron chi connectivity index (χ2n) is 6.56. The molecule has 1 N–H and O–H groups in total. The van der Waals surface area contributed by atoms with E-state index in [1.54, 1.807) is 12.1 Å². The Morgan fingerprint density at radius 1 is 0.968 bits per heavy atom. The lowest BCUT2D eigenvalue weighted by Crippen LogP contribution is -2.15. The summed E-state index contributed by atoms with van der Waals surface area (Å²) in [7, 11) is 0. The number of thioether (sulfide) groups is 1. The molecule has 0 bridgehead atoms. The number of aromatic nitrogens is 4. The summed E-state index contributed by atoms with van der Waals surface area (Å²) in [6.07, 6.45) is 1.48. The van der Waals surface area contributed by atoms with E-state index < -0.39 is 0 Å². The first kappa shape index (κ1) is 21.4. The third-order valence-corrected chi connectivity index (χ3v) is 5.86. The van der Waals surface area contributed by atoms with Crippen LogP contribution in [-0.2, 0) is 11.3 Å². The molecule has 2 aromatic heterocycles. The van der Waals surface area contributed by atoms with Crippen molar-refractivity contribution in [2.75, 3.05) is 11.1 Å². The molecule has 4 rings (SSSR count). The van der Waals surface area contributed by atoms with Gasteiger partial charge in [-0.3, -0.25) is 9.36 Å². The lowest BCUT2D eigenvalue weighted by Gasteiger charge is -2.11. The fourth-order valence-electron chi connectivity index (χ4n) is 2.90. The average Bonchev–Trinajstić information content (AvgIpc) is 3.17. The summed E-state index contributed by atoms with van der Waals surface area (Å²) in [4.78, 5) is 16.5. The second kappa shape index (κ2) is 9.96. The summed E-state index contributed by atoms with van der Waals surface area (Å²) < 4.78 is 1.97. The molecule has 31 heavy (non-hydrogen) atoms. The molecule has 0 aliphatic rings. The van der Waals surface area contributed by atoms with Crippen LogP contribution < -0.4 is 5.32 Å². The van der Waals surface area contributed by atoms with Crippen LogP contribution in [0.25, 0.3) is 11.4 Å². The predicted octanol–water partition coefficient (Wildman–Crippen LogP) is 5.43. The zero-order valence-corrected chi connectivity index (χ0v) is 18.5. The molecule has 9 heteroatoms. The average molecular weight is 470 g/mol. The molecule has 0 spiro atoms. The van der Waals surface area contributed by atoms with Gasteiger partial charge >= 0.3 is 0 Å². The SMILES string of the molecule is O=C(CSc1nnc(-c2ccccc2Cl)n1Cc1ccccc1)Nc1ccc(Cl)cn1. The minimum Gasteiger partial charge on any atom is -0.310 e. The van der Waals surface area contributed by atoms with Gasteiger partial charge in [0.25, 0.3) is 0 Å². The van der Waals surface area contributed by atoms with Gasteiger partial charge in [-0.05, 0) is 29.8 Å². The van der Waals surface area contributed by atoms with Crippen molar-refractivity contribution in [2.45, 2.75) is 11.7 Å². The highest BCUT2D eigenvalue weighted by Crippen LogP contribution is 2.30. The summed E-state index contributed by atoms with van der Waals surface area (Å²) in [5.41, 5.74) is 1.88. The predicted molar refractivity (Wildman–Crippen MR) is 125 cm³/mol. The molecule has 4 aromatic rings. The Morgan fingerprint density at radius 3 is 2.48 bits per heavy atom. The molecule has 0 unspecified atom stereocenters. The maximum Gasteiger partial charge on any atom is 0.236 e. The van der Waals surface area contributed by atoms with Crippen molar-refractivity contribution in [3.63, 3.8) is 0 Å². The van der Waals surface area contributed by atoms with Gasteiger partial charge in [0.1, 0.15) is 5.82 Å². The summed E-state index contributed by atoms with van der Waals surface area (Å²) in [6.45, 7) is 0.553. The highest BCUT2D eigenvalue weighted by molar-refractivity contribution is 7.99. The van der Waals surface area contributed by atoms with Gasteiger partial charge < -0.3 is 5.32 Å². The van der Waals surface area contributed by atoms with E-state index in [0.717, 1.165) is 11.1 Å². The monoisotopic (exact) mass is 469 g/mol. The molecule has 0 saturated heterocycles. The van der Waals surface area contributed by atoms with E-state index in [2.05, 4.69) is 20.5 Å². The second-order valence-corrected chi connectivity index (χ2v) is 8.34. The Balaban J connectivity index is 1.56. The van der Waals surface area contributed by atoms with Gasteiger partial charge in [0.15, 0.2) is 11.0 Å². The number of hydrogen-bond donors (Lipinski definition) is 1. The van der Waals surface area contributed by atoms with E-state index in [4.69, 9.17) is 23.2 Å². The van der Waals surface area contributed by atoms with E-state index in [-0.39, 0.29) is 11.7 Å². The molecule has 6 nitrogen and oxygen atoms in total. The number of hydrogen-bond acceptors (Lipinski definition) is 5. The Hall–Kier alpha value is -2.87. The van der Waals surface area contributed by atoms with Crippen LogP contribution in [0.1, 0.15) is 5.56 Å². The van der Waals surface area contributed by atoms with Gasteiger partial charge in [-0.1, -0.05) is 77.4 Å². The van der Waals surface area contributed by atoms with Gasteiger partial charge in [-0.25, -0.2) is 4.98 Å². The number of rotatable bonds is 7. The van der Waals surface area contributed by atoms with Crippen LogP contribution in [0.15, 0.2) is 78.1 Å². The van der Waals surface area contributed by atoms with Gasteiger partial charge in [-0.15, -0.1) is 10.2 Å². The van der Waals surface area contributed by atoms with Crippen molar-refractivity contribution in [3.8, 4) is 11.4 Å². The maximum absolute atomic E-state index is 12.4. The van der Waals surface area contributed by atoms with Crippen LogP contribution in [0.3, 0.4) is 0 Å². The lowest BCUT2D eigenvalue weighted by molar-refractivity contribution is -0.113. The zero-order valence-electron chi connectivity index (χ0n) is 16.2. The van der Waals surface area contributed by atoms with Crippen LogP contribution in [0.2, 0.25) is 10.0 Å². The van der Waals surface area contributed by atoms with Gasteiger partial charge in [0.05, 0.1) is 22.3 Å². The van der Waals surface area contributed by atoms with E-state index in [1.165, 1.54) is 18.0 Å². The topological polar surface area (TPSA) is 72.7 Å². The Kier molecular flexibility index (Phi) is 6.86. The number of nitrogens with one attached hydrogen (secondary N) is 1. The van der Waals surface area contributed by atoms with Crippen molar-refractivity contribution in [1.82, 2.24) is 19.7 Å². The number of nitrogens with zero attached hydrogens (tertiary/aromatic N) is 4. The number of anilines is 1. The standard InChI is InChI=1S/C22H17Cl2N5OS/c23-16-10-11-19(25-12-16)26-20(30)14-31-22-28-27-21(17-8-4-5-9-18(17)24)29(22)13-15-6-2-1-3-7-15/h1-12H,13-14H2,(H,25,26,30). The first-order chi connectivity index (χ1) is 15.1. The molecule has 2 aromatic carbocycles. The summed E-state index contributed by atoms with van der Waals surface area (Å²) in [5, 5.41) is 13.2. The molecule has 156 valence electrons. The fourth-order valence-corrected chi connectivity index (χ4v) is 3.97. The summed E-state index contributed by atoms with van der Waals surface area (Å²) >= 11 is 13.5. The largest absolute Gasteiger partial charge is 0.310 e. The Morgan fingerprint density at radius 2 is 1.74 bits per heavy atom. The molecule has 0 aliphatic heterocycles. The number of pyridine rings is 1.